The van der Waals surface area contributed by atoms with Gasteiger partial charge in [0, 0.05) is 38.9 Å². The Morgan fingerprint density at radius 3 is 1.87 bits per heavy atom. The fraction of sp³-hybridized carbons (Fsp3) is 0.222. The van der Waals surface area contributed by atoms with Crippen LogP contribution in [0.2, 0.25) is 15.1 Å². The molecule has 0 heterocycles. The van der Waals surface area contributed by atoms with Crippen LogP contribution in [-0.4, -0.2) is 22.1 Å². The van der Waals surface area contributed by atoms with Crippen LogP contribution >= 0.6 is 58.0 Å². The largest absolute Gasteiger partial charge is 0.326 e. The summed E-state index contributed by atoms with van der Waals surface area (Å²) in [7, 11) is 0. The van der Waals surface area contributed by atoms with E-state index in [2.05, 4.69) is 16.0 Å². The predicted molar refractivity (Wildman–Crippen MR) is 153 cm³/mol. The number of amides is 3. The highest BCUT2D eigenvalue weighted by molar-refractivity contribution is 6.53. The first-order chi connectivity index (χ1) is 18.0. The highest BCUT2D eigenvalue weighted by atomic mass is 35.5. The number of nitrogens with one attached hydrogen (secondary N) is 3. The monoisotopic (exact) mass is 609 g/mol. The van der Waals surface area contributed by atoms with Crippen LogP contribution in [0.15, 0.2) is 60.7 Å². The van der Waals surface area contributed by atoms with Gasteiger partial charge >= 0.3 is 0 Å². The molecule has 2 aliphatic carbocycles. The Kier molecular flexibility index (Phi) is 7.55. The Bertz CT molecular complexity index is 1420. The van der Waals surface area contributed by atoms with Crippen LogP contribution in [0.1, 0.15) is 34.7 Å². The van der Waals surface area contributed by atoms with Gasteiger partial charge in [-0.25, -0.2) is 0 Å². The summed E-state index contributed by atoms with van der Waals surface area (Å²) in [5.74, 6) is -2.06. The molecule has 2 aliphatic rings. The van der Waals surface area contributed by atoms with E-state index in [-0.39, 0.29) is 22.4 Å². The van der Waals surface area contributed by atoms with Gasteiger partial charge in [-0.2, -0.15) is 0 Å². The second-order valence-corrected chi connectivity index (χ2v) is 12.0. The molecule has 0 unspecified atom stereocenters. The first-order valence-corrected chi connectivity index (χ1v) is 13.6. The lowest BCUT2D eigenvalue weighted by molar-refractivity contribution is -0.118. The standard InChI is InChI=1S/C27H20Cl5N3O3/c28-15-9-14(10-16(29)11-15)22-23(27(22,31)32)26(38)35-19-7-8-21(30)20(12-19)25(37)34-18-5-3-17(4-6-18)33-24(36)13-1-2-13/h3-13,22-23H,1-2H2,(H,33,36)(H,34,37)(H,35,38)/t22-,23+/m0/s1. The SMILES string of the molecule is O=C(Nc1ccc(NC(=O)C2CC2)cc1)c1cc(NC(=O)[C@H]2[C@H](c3cc(Cl)cc(Cl)c3)C2(Cl)Cl)ccc1Cl. The quantitative estimate of drug-likeness (QED) is 0.239. The molecule has 0 bridgehead atoms. The smallest absolute Gasteiger partial charge is 0.257 e. The number of carbonyl (C=O) groups excluding carboxylic acids is 3. The number of carbonyl (C=O) groups is 3. The average Bonchev–Trinajstić information content (AvgIpc) is 3.76. The third-order valence-electron chi connectivity index (χ3n) is 6.42. The Labute approximate surface area is 243 Å². The molecule has 2 saturated carbocycles. The van der Waals surface area contributed by atoms with Crippen LogP contribution in [0.25, 0.3) is 0 Å². The number of anilines is 3. The Morgan fingerprint density at radius 2 is 1.26 bits per heavy atom. The predicted octanol–water partition coefficient (Wildman–Crippen LogP) is 7.77. The van der Waals surface area contributed by atoms with Gasteiger partial charge < -0.3 is 16.0 Å². The van der Waals surface area contributed by atoms with Crippen molar-refractivity contribution in [3.05, 3.63) is 86.9 Å². The summed E-state index contributed by atoms with van der Waals surface area (Å²) in [4.78, 5) is 37.9. The average molecular weight is 612 g/mol. The van der Waals surface area contributed by atoms with E-state index in [4.69, 9.17) is 58.0 Å². The van der Waals surface area contributed by atoms with Gasteiger partial charge in [0.25, 0.3) is 5.91 Å². The summed E-state index contributed by atoms with van der Waals surface area (Å²) in [6.07, 6.45) is 1.83. The van der Waals surface area contributed by atoms with Crippen LogP contribution in [0.5, 0.6) is 0 Å². The molecule has 3 amide bonds. The third-order valence-corrected chi connectivity index (χ3v) is 8.12. The van der Waals surface area contributed by atoms with Crippen molar-refractivity contribution in [2.75, 3.05) is 16.0 Å². The summed E-state index contributed by atoms with van der Waals surface area (Å²) in [5.41, 5.74) is 2.33. The maximum atomic E-state index is 13.0. The molecule has 2 atom stereocenters. The van der Waals surface area contributed by atoms with E-state index in [1.165, 1.54) is 12.1 Å². The fourth-order valence-electron chi connectivity index (χ4n) is 4.24. The van der Waals surface area contributed by atoms with E-state index in [9.17, 15) is 14.4 Å². The van der Waals surface area contributed by atoms with Crippen molar-refractivity contribution < 1.29 is 14.4 Å². The van der Waals surface area contributed by atoms with Crippen LogP contribution < -0.4 is 16.0 Å². The second-order valence-electron chi connectivity index (χ2n) is 9.31. The van der Waals surface area contributed by atoms with Crippen molar-refractivity contribution in [1.82, 2.24) is 0 Å². The van der Waals surface area contributed by atoms with Gasteiger partial charge in [0.05, 0.1) is 16.5 Å². The summed E-state index contributed by atoms with van der Waals surface area (Å²) >= 11 is 31.3. The van der Waals surface area contributed by atoms with E-state index in [1.54, 1.807) is 48.5 Å². The highest BCUT2D eigenvalue weighted by Crippen LogP contribution is 2.65. The molecule has 3 N–H and O–H groups in total. The summed E-state index contributed by atoms with van der Waals surface area (Å²) in [6, 6.07) is 16.2. The number of rotatable bonds is 7. The molecular formula is C27H20Cl5N3O3. The van der Waals surface area contributed by atoms with Crippen molar-refractivity contribution in [3.63, 3.8) is 0 Å². The van der Waals surface area contributed by atoms with Gasteiger partial charge in [-0.05, 0) is 79.1 Å². The van der Waals surface area contributed by atoms with Gasteiger partial charge in [-0.15, -0.1) is 23.2 Å². The number of hydrogen-bond donors (Lipinski definition) is 3. The van der Waals surface area contributed by atoms with Gasteiger partial charge in [0.2, 0.25) is 11.8 Å². The van der Waals surface area contributed by atoms with E-state index in [0.29, 0.717) is 32.7 Å². The van der Waals surface area contributed by atoms with Gasteiger partial charge in [-0.1, -0.05) is 34.8 Å². The second kappa shape index (κ2) is 10.6. The van der Waals surface area contributed by atoms with Crippen LogP contribution in [-0.2, 0) is 9.59 Å². The minimum atomic E-state index is -1.34. The Hall–Kier alpha value is -2.48. The summed E-state index contributed by atoms with van der Waals surface area (Å²) in [6.45, 7) is 0. The van der Waals surface area contributed by atoms with E-state index >= 15 is 0 Å². The van der Waals surface area contributed by atoms with Gasteiger partial charge in [0.15, 0.2) is 0 Å². The molecule has 0 aliphatic heterocycles. The van der Waals surface area contributed by atoms with E-state index in [1.807, 2.05) is 0 Å². The molecule has 6 nitrogen and oxygen atoms in total. The van der Waals surface area contributed by atoms with Crippen molar-refractivity contribution >= 4 is 92.8 Å². The Morgan fingerprint density at radius 1 is 0.711 bits per heavy atom. The number of alkyl halides is 2. The first-order valence-electron chi connectivity index (χ1n) is 11.7. The number of hydrogen-bond acceptors (Lipinski definition) is 3. The molecule has 0 aromatic heterocycles. The number of benzene rings is 3. The molecule has 0 saturated heterocycles. The molecule has 5 rings (SSSR count). The maximum Gasteiger partial charge on any atom is 0.257 e. The van der Waals surface area contributed by atoms with Crippen LogP contribution in [0, 0.1) is 11.8 Å². The lowest BCUT2D eigenvalue weighted by atomic mass is 10.1. The summed E-state index contributed by atoms with van der Waals surface area (Å²) in [5, 5.41) is 9.40. The molecule has 3 aromatic carbocycles. The zero-order valence-corrected chi connectivity index (χ0v) is 23.3. The lowest BCUT2D eigenvalue weighted by Gasteiger charge is -2.11. The summed E-state index contributed by atoms with van der Waals surface area (Å²) < 4.78 is -1.34. The van der Waals surface area contributed by atoms with Crippen molar-refractivity contribution in [3.8, 4) is 0 Å². The zero-order chi connectivity index (χ0) is 27.2. The van der Waals surface area contributed by atoms with Gasteiger partial charge in [0.1, 0.15) is 4.33 Å². The normalized spacial score (nSPS) is 19.4. The number of halogens is 5. The highest BCUT2D eigenvalue weighted by Gasteiger charge is 2.67. The van der Waals surface area contributed by atoms with E-state index < -0.39 is 28.0 Å². The van der Waals surface area contributed by atoms with Crippen LogP contribution in [0.4, 0.5) is 17.1 Å². The minimum absolute atomic E-state index is 0.00175. The Balaban J connectivity index is 1.25. The zero-order valence-electron chi connectivity index (χ0n) is 19.5. The van der Waals surface area contributed by atoms with Crippen molar-refractivity contribution in [2.45, 2.75) is 23.1 Å². The lowest BCUT2D eigenvalue weighted by Crippen LogP contribution is -2.18. The van der Waals surface area contributed by atoms with Gasteiger partial charge in [-0.3, -0.25) is 14.4 Å². The van der Waals surface area contributed by atoms with Crippen molar-refractivity contribution in [2.24, 2.45) is 11.8 Å². The maximum absolute atomic E-state index is 13.0. The molecule has 0 spiro atoms. The van der Waals surface area contributed by atoms with E-state index in [0.717, 1.165) is 12.8 Å². The molecule has 2 fully saturated rings. The third kappa shape index (κ3) is 5.90. The van der Waals surface area contributed by atoms with Crippen LogP contribution in [0.3, 0.4) is 0 Å². The molecule has 0 radical (unpaired) electrons. The molecule has 11 heteroatoms. The topological polar surface area (TPSA) is 87.3 Å². The molecule has 196 valence electrons. The fourth-order valence-corrected chi connectivity index (χ4v) is 5.82. The molecule has 3 aromatic rings. The molecular weight excluding hydrogens is 592 g/mol. The first kappa shape index (κ1) is 27.1. The van der Waals surface area contributed by atoms with Crippen molar-refractivity contribution in [1.29, 1.82) is 0 Å². The molecule has 38 heavy (non-hydrogen) atoms. The minimum Gasteiger partial charge on any atom is -0.326 e.